The van der Waals surface area contributed by atoms with E-state index >= 15 is 0 Å². The van der Waals surface area contributed by atoms with Crippen LogP contribution in [0.4, 0.5) is 0 Å². The predicted octanol–water partition coefficient (Wildman–Crippen LogP) is 2.27. The third-order valence-corrected chi connectivity index (χ3v) is 6.27. The molecular formula is C11H13Cl2NO3S2. The van der Waals surface area contributed by atoms with Crippen molar-refractivity contribution >= 4 is 45.0 Å². The van der Waals surface area contributed by atoms with E-state index in [9.17, 15) is 8.42 Å². The Morgan fingerprint density at radius 2 is 2.16 bits per heavy atom. The Labute approximate surface area is 126 Å². The highest BCUT2D eigenvalue weighted by molar-refractivity contribution is 7.99. The number of aliphatic hydroxyl groups excluding tert-OH is 1. The number of rotatable bonds is 4. The summed E-state index contributed by atoms with van der Waals surface area (Å²) in [5.41, 5.74) is 0.301. The van der Waals surface area contributed by atoms with Crippen LogP contribution in [0.3, 0.4) is 0 Å². The van der Waals surface area contributed by atoms with Gasteiger partial charge in [0.25, 0.3) is 0 Å². The largest absolute Gasteiger partial charge is 0.392 e. The quantitative estimate of drug-likeness (QED) is 0.881. The fourth-order valence-corrected chi connectivity index (χ4v) is 5.29. The Kier molecular flexibility index (Phi) is 5.03. The topological polar surface area (TPSA) is 66.4 Å². The minimum absolute atomic E-state index is 0.0186. The van der Waals surface area contributed by atoms with E-state index < -0.39 is 10.0 Å². The summed E-state index contributed by atoms with van der Waals surface area (Å²) in [4.78, 5) is -0.0809. The zero-order valence-corrected chi connectivity index (χ0v) is 13.0. The lowest BCUT2D eigenvalue weighted by atomic mass is 10.2. The Hall–Kier alpha value is 0.0200. The van der Waals surface area contributed by atoms with Crippen molar-refractivity contribution in [1.82, 2.24) is 4.72 Å². The van der Waals surface area contributed by atoms with Crippen molar-refractivity contribution in [2.45, 2.75) is 24.0 Å². The number of sulfonamides is 1. The Morgan fingerprint density at radius 1 is 1.42 bits per heavy atom. The van der Waals surface area contributed by atoms with Gasteiger partial charge in [-0.3, -0.25) is 0 Å². The highest BCUT2D eigenvalue weighted by Gasteiger charge is 2.26. The zero-order chi connectivity index (χ0) is 14.0. The molecule has 1 fully saturated rings. The van der Waals surface area contributed by atoms with Gasteiger partial charge in [-0.2, -0.15) is 11.8 Å². The monoisotopic (exact) mass is 341 g/mol. The van der Waals surface area contributed by atoms with Crippen LogP contribution in [-0.2, 0) is 16.6 Å². The number of aliphatic hydroxyl groups is 1. The predicted molar refractivity (Wildman–Crippen MR) is 78.4 cm³/mol. The van der Waals surface area contributed by atoms with Crippen LogP contribution in [0.15, 0.2) is 17.0 Å². The first-order chi connectivity index (χ1) is 8.94. The van der Waals surface area contributed by atoms with E-state index in [1.807, 2.05) is 0 Å². The van der Waals surface area contributed by atoms with Gasteiger partial charge < -0.3 is 5.11 Å². The first-order valence-electron chi connectivity index (χ1n) is 5.63. The second-order valence-electron chi connectivity index (χ2n) is 4.22. The number of benzene rings is 1. The van der Waals surface area contributed by atoms with Crippen LogP contribution in [0.2, 0.25) is 10.0 Å². The summed E-state index contributed by atoms with van der Waals surface area (Å²) in [5.74, 6) is 1.70. The molecule has 0 spiro atoms. The van der Waals surface area contributed by atoms with Crippen molar-refractivity contribution in [2.24, 2.45) is 0 Å². The van der Waals surface area contributed by atoms with Crippen molar-refractivity contribution in [3.63, 3.8) is 0 Å². The minimum atomic E-state index is -3.72. The third kappa shape index (κ3) is 3.56. The number of thioether (sulfide) groups is 1. The standard InChI is InChI=1S/C11H13Cl2NO3S2/c12-8-3-7(5-15)11(13)10(4-8)19(16,17)14-9-1-2-18-6-9/h3-4,9,14-15H,1-2,5-6H2. The molecule has 19 heavy (non-hydrogen) atoms. The maximum Gasteiger partial charge on any atom is 0.242 e. The summed E-state index contributed by atoms with van der Waals surface area (Å²) in [6, 6.07) is 2.67. The molecule has 8 heteroatoms. The highest BCUT2D eigenvalue weighted by atomic mass is 35.5. The van der Waals surface area contributed by atoms with E-state index in [1.54, 1.807) is 11.8 Å². The van der Waals surface area contributed by atoms with Crippen LogP contribution in [0, 0.1) is 0 Å². The summed E-state index contributed by atoms with van der Waals surface area (Å²) >= 11 is 13.6. The van der Waals surface area contributed by atoms with Crippen molar-refractivity contribution in [3.05, 3.63) is 27.7 Å². The van der Waals surface area contributed by atoms with Crippen molar-refractivity contribution in [1.29, 1.82) is 0 Å². The lowest BCUT2D eigenvalue weighted by Gasteiger charge is -2.14. The molecule has 0 aromatic heterocycles. The molecule has 1 aliphatic rings. The molecule has 0 radical (unpaired) electrons. The van der Waals surface area contributed by atoms with Gasteiger partial charge in [0, 0.05) is 16.8 Å². The lowest BCUT2D eigenvalue weighted by molar-refractivity contribution is 0.281. The van der Waals surface area contributed by atoms with Gasteiger partial charge >= 0.3 is 0 Å². The molecule has 0 amide bonds. The van der Waals surface area contributed by atoms with Crippen LogP contribution in [0.5, 0.6) is 0 Å². The maximum absolute atomic E-state index is 12.3. The Balaban J connectivity index is 2.36. The third-order valence-electron chi connectivity index (χ3n) is 2.79. The summed E-state index contributed by atoms with van der Waals surface area (Å²) in [6.07, 6.45) is 0.801. The average Bonchev–Trinajstić information content (AvgIpc) is 2.83. The first kappa shape index (κ1) is 15.4. The van der Waals surface area contributed by atoms with Gasteiger partial charge in [0.1, 0.15) is 4.90 Å². The molecule has 1 saturated heterocycles. The van der Waals surface area contributed by atoms with E-state index in [1.165, 1.54) is 12.1 Å². The van der Waals surface area contributed by atoms with Gasteiger partial charge in [-0.05, 0) is 29.9 Å². The molecule has 0 aliphatic carbocycles. The molecule has 1 unspecified atom stereocenters. The van der Waals surface area contributed by atoms with Crippen LogP contribution < -0.4 is 4.72 Å². The number of hydrogen-bond acceptors (Lipinski definition) is 4. The normalized spacial score (nSPS) is 19.8. The molecule has 1 atom stereocenters. The van der Waals surface area contributed by atoms with Gasteiger partial charge in [0.05, 0.1) is 11.6 Å². The van der Waals surface area contributed by atoms with E-state index in [2.05, 4.69) is 4.72 Å². The van der Waals surface area contributed by atoms with Gasteiger partial charge in [-0.1, -0.05) is 23.2 Å². The Bertz CT molecular complexity index is 572. The number of halogens is 2. The van der Waals surface area contributed by atoms with Crippen LogP contribution >= 0.6 is 35.0 Å². The fourth-order valence-electron chi connectivity index (χ4n) is 1.84. The van der Waals surface area contributed by atoms with Gasteiger partial charge in [0.15, 0.2) is 0 Å². The van der Waals surface area contributed by atoms with Gasteiger partial charge in [-0.25, -0.2) is 13.1 Å². The smallest absolute Gasteiger partial charge is 0.242 e. The first-order valence-corrected chi connectivity index (χ1v) is 9.02. The van der Waals surface area contributed by atoms with E-state index in [0.29, 0.717) is 5.56 Å². The molecule has 1 aliphatic heterocycles. The summed E-state index contributed by atoms with van der Waals surface area (Å²) in [7, 11) is -3.72. The van der Waals surface area contributed by atoms with E-state index in [4.69, 9.17) is 28.3 Å². The minimum Gasteiger partial charge on any atom is -0.392 e. The second-order valence-corrected chi connectivity index (χ2v) is 7.86. The summed E-state index contributed by atoms with van der Waals surface area (Å²) in [5, 5.41) is 9.41. The van der Waals surface area contributed by atoms with Crippen LogP contribution in [0.1, 0.15) is 12.0 Å². The molecule has 1 heterocycles. The summed E-state index contributed by atoms with van der Waals surface area (Å²) < 4.78 is 27.2. The zero-order valence-electron chi connectivity index (χ0n) is 9.90. The number of hydrogen-bond donors (Lipinski definition) is 2. The molecule has 2 N–H and O–H groups in total. The van der Waals surface area contributed by atoms with Crippen molar-refractivity contribution in [2.75, 3.05) is 11.5 Å². The second kappa shape index (κ2) is 6.20. The molecule has 0 saturated carbocycles. The van der Waals surface area contributed by atoms with E-state index in [-0.39, 0.29) is 27.6 Å². The molecule has 2 rings (SSSR count). The summed E-state index contributed by atoms with van der Waals surface area (Å²) in [6.45, 7) is -0.360. The van der Waals surface area contributed by atoms with Crippen molar-refractivity contribution < 1.29 is 13.5 Å². The molecule has 4 nitrogen and oxygen atoms in total. The average molecular weight is 342 g/mol. The maximum atomic E-state index is 12.3. The number of nitrogens with one attached hydrogen (secondary N) is 1. The molecule has 106 valence electrons. The fraction of sp³-hybridized carbons (Fsp3) is 0.455. The highest BCUT2D eigenvalue weighted by Crippen LogP contribution is 2.30. The van der Waals surface area contributed by atoms with Gasteiger partial charge in [-0.15, -0.1) is 0 Å². The van der Waals surface area contributed by atoms with Crippen molar-refractivity contribution in [3.8, 4) is 0 Å². The SMILES string of the molecule is O=S(=O)(NC1CCSC1)c1cc(Cl)cc(CO)c1Cl. The molecule has 1 aromatic rings. The Morgan fingerprint density at radius 3 is 2.74 bits per heavy atom. The lowest BCUT2D eigenvalue weighted by Crippen LogP contribution is -2.34. The van der Waals surface area contributed by atoms with Gasteiger partial charge in [0.2, 0.25) is 10.0 Å². The molecular weight excluding hydrogens is 329 g/mol. The molecule has 1 aromatic carbocycles. The van der Waals surface area contributed by atoms with Crippen LogP contribution in [-0.4, -0.2) is 31.1 Å². The molecule has 0 bridgehead atoms. The van der Waals surface area contributed by atoms with E-state index in [0.717, 1.165) is 17.9 Å². The van der Waals surface area contributed by atoms with Crippen LogP contribution in [0.25, 0.3) is 0 Å².